The molecule has 3 nitrogen and oxygen atoms in total. The number of carboxylic acid groups (broad SMARTS) is 1. The third kappa shape index (κ3) is 5.91. The van der Waals surface area contributed by atoms with Gasteiger partial charge in [-0.15, -0.1) is 0 Å². The smallest absolute Gasteiger partial charge is 0.407 e. The monoisotopic (exact) mass is 353 g/mol. The third-order valence-corrected chi connectivity index (χ3v) is 4.83. The van der Waals surface area contributed by atoms with Crippen LogP contribution < -0.4 is 0 Å². The van der Waals surface area contributed by atoms with Crippen LogP contribution in [0.25, 0.3) is 0 Å². The van der Waals surface area contributed by atoms with E-state index in [4.69, 9.17) is 0 Å². The summed E-state index contributed by atoms with van der Waals surface area (Å²) >= 11 is 0. The van der Waals surface area contributed by atoms with Crippen molar-refractivity contribution in [1.29, 1.82) is 0 Å². The number of nitrogens with zero attached hydrogens (tertiary/aromatic N) is 1. The molecule has 1 N–H and O–H groups in total. The van der Waals surface area contributed by atoms with Crippen molar-refractivity contribution >= 4 is 6.09 Å². The lowest BCUT2D eigenvalue weighted by atomic mass is 10.00. The van der Waals surface area contributed by atoms with Crippen LogP contribution >= 0.6 is 0 Å². The summed E-state index contributed by atoms with van der Waals surface area (Å²) in [7, 11) is 0. The van der Waals surface area contributed by atoms with Gasteiger partial charge in [0.1, 0.15) is 0 Å². The molecule has 0 aromatic heterocycles. The van der Waals surface area contributed by atoms with Crippen molar-refractivity contribution in [3.8, 4) is 0 Å². The van der Waals surface area contributed by atoms with Crippen LogP contribution in [-0.4, -0.2) is 16.1 Å². The van der Waals surface area contributed by atoms with Gasteiger partial charge in [0.2, 0.25) is 0 Å². The summed E-state index contributed by atoms with van der Waals surface area (Å²) in [5.74, 6) is 0. The summed E-state index contributed by atoms with van der Waals surface area (Å²) in [6.45, 7) is 5.24. The molecule has 0 radical (unpaired) electrons. The van der Waals surface area contributed by atoms with Gasteiger partial charge in [-0.1, -0.05) is 75.2 Å². The van der Waals surface area contributed by atoms with Crippen LogP contribution in [0.2, 0.25) is 0 Å². The zero-order valence-corrected chi connectivity index (χ0v) is 16.1. The number of rotatable bonds is 10. The second kappa shape index (κ2) is 10.6. The van der Waals surface area contributed by atoms with E-state index in [2.05, 4.69) is 38.1 Å². The highest BCUT2D eigenvalue weighted by Gasteiger charge is 2.16. The lowest BCUT2D eigenvalue weighted by Crippen LogP contribution is -2.29. The lowest BCUT2D eigenvalue weighted by Gasteiger charge is -2.22. The van der Waals surface area contributed by atoms with Crippen molar-refractivity contribution in [2.75, 3.05) is 0 Å². The predicted molar refractivity (Wildman–Crippen MR) is 107 cm³/mol. The zero-order valence-electron chi connectivity index (χ0n) is 16.1. The summed E-state index contributed by atoms with van der Waals surface area (Å²) in [5, 5.41) is 9.76. The molecule has 0 aliphatic rings. The summed E-state index contributed by atoms with van der Waals surface area (Å²) in [4.78, 5) is 13.4. The Balaban J connectivity index is 2.17. The van der Waals surface area contributed by atoms with E-state index >= 15 is 0 Å². The zero-order chi connectivity index (χ0) is 18.8. The minimum Gasteiger partial charge on any atom is -0.465 e. The van der Waals surface area contributed by atoms with Crippen LogP contribution in [0.3, 0.4) is 0 Å². The van der Waals surface area contributed by atoms with Crippen molar-refractivity contribution in [3.63, 3.8) is 0 Å². The van der Waals surface area contributed by atoms with E-state index in [1.54, 1.807) is 0 Å². The van der Waals surface area contributed by atoms with E-state index in [1.807, 2.05) is 24.3 Å². The summed E-state index contributed by atoms with van der Waals surface area (Å²) in [5.41, 5.74) is 4.77. The van der Waals surface area contributed by atoms with E-state index in [0.29, 0.717) is 13.1 Å². The Hall–Kier alpha value is -2.29. The van der Waals surface area contributed by atoms with Gasteiger partial charge >= 0.3 is 6.09 Å². The molecule has 26 heavy (non-hydrogen) atoms. The standard InChI is InChI=1S/C23H31NO2/c1-3-5-11-19-13-7-9-15-21(19)17-24(23(25)26)18-22-16-10-8-14-20(22)12-6-4-2/h7-10,13-16H,3-6,11-12,17-18H2,1-2H3,(H,25,26). The number of carbonyl (C=O) groups is 1. The number of hydrogen-bond acceptors (Lipinski definition) is 1. The molecular formula is C23H31NO2. The van der Waals surface area contributed by atoms with Gasteiger partial charge in [0.05, 0.1) is 0 Å². The van der Waals surface area contributed by atoms with Crippen LogP contribution in [0.5, 0.6) is 0 Å². The number of aryl methyl sites for hydroxylation is 2. The molecule has 140 valence electrons. The molecule has 0 aliphatic carbocycles. The summed E-state index contributed by atoms with van der Waals surface area (Å²) < 4.78 is 0. The van der Waals surface area contributed by atoms with E-state index < -0.39 is 6.09 Å². The fourth-order valence-electron chi connectivity index (χ4n) is 3.25. The molecule has 0 aliphatic heterocycles. The van der Waals surface area contributed by atoms with E-state index in [1.165, 1.54) is 16.0 Å². The van der Waals surface area contributed by atoms with Gasteiger partial charge in [0, 0.05) is 13.1 Å². The molecule has 0 heterocycles. The van der Waals surface area contributed by atoms with Crippen LogP contribution in [0.1, 0.15) is 61.8 Å². The van der Waals surface area contributed by atoms with Crippen LogP contribution in [0.15, 0.2) is 48.5 Å². The Morgan fingerprint density at radius 2 is 1.15 bits per heavy atom. The van der Waals surface area contributed by atoms with Gasteiger partial charge < -0.3 is 5.11 Å². The van der Waals surface area contributed by atoms with E-state index in [0.717, 1.165) is 49.7 Å². The highest BCUT2D eigenvalue weighted by Crippen LogP contribution is 2.19. The van der Waals surface area contributed by atoms with Crippen molar-refractivity contribution in [2.24, 2.45) is 0 Å². The number of benzene rings is 2. The Morgan fingerprint density at radius 1 is 0.769 bits per heavy atom. The largest absolute Gasteiger partial charge is 0.465 e. The maximum atomic E-state index is 11.9. The van der Waals surface area contributed by atoms with Crippen LogP contribution in [0.4, 0.5) is 4.79 Å². The molecule has 0 unspecified atom stereocenters. The number of unbranched alkanes of at least 4 members (excludes halogenated alkanes) is 2. The Morgan fingerprint density at radius 3 is 1.50 bits per heavy atom. The average Bonchev–Trinajstić information content (AvgIpc) is 2.65. The SMILES string of the molecule is CCCCc1ccccc1CN(Cc1ccccc1CCCC)C(=O)O. The van der Waals surface area contributed by atoms with Gasteiger partial charge in [0.15, 0.2) is 0 Å². The van der Waals surface area contributed by atoms with E-state index in [9.17, 15) is 9.90 Å². The molecule has 0 bridgehead atoms. The normalized spacial score (nSPS) is 10.7. The number of hydrogen-bond donors (Lipinski definition) is 1. The van der Waals surface area contributed by atoms with Crippen LogP contribution in [0, 0.1) is 0 Å². The van der Waals surface area contributed by atoms with Gasteiger partial charge in [-0.25, -0.2) is 4.79 Å². The third-order valence-electron chi connectivity index (χ3n) is 4.83. The summed E-state index contributed by atoms with van der Waals surface area (Å²) in [6, 6.07) is 16.5. The molecule has 0 saturated carbocycles. The first kappa shape index (κ1) is 20.0. The van der Waals surface area contributed by atoms with Crippen molar-refractivity contribution in [2.45, 2.75) is 65.5 Å². The van der Waals surface area contributed by atoms with Gasteiger partial charge in [-0.2, -0.15) is 0 Å². The molecule has 0 spiro atoms. The maximum Gasteiger partial charge on any atom is 0.407 e. The topological polar surface area (TPSA) is 40.5 Å². The minimum absolute atomic E-state index is 0.442. The second-order valence-corrected chi connectivity index (χ2v) is 6.88. The predicted octanol–water partition coefficient (Wildman–Crippen LogP) is 6.05. The average molecular weight is 354 g/mol. The fraction of sp³-hybridized carbons (Fsp3) is 0.435. The Kier molecular flexibility index (Phi) is 8.20. The second-order valence-electron chi connectivity index (χ2n) is 6.88. The molecule has 2 aromatic carbocycles. The van der Waals surface area contributed by atoms with Gasteiger partial charge in [0.25, 0.3) is 0 Å². The fourth-order valence-corrected chi connectivity index (χ4v) is 3.25. The molecule has 0 saturated heterocycles. The molecule has 1 amide bonds. The van der Waals surface area contributed by atoms with E-state index in [-0.39, 0.29) is 0 Å². The Bertz CT molecular complexity index is 643. The van der Waals surface area contributed by atoms with Crippen LogP contribution in [-0.2, 0) is 25.9 Å². The molecule has 0 atom stereocenters. The van der Waals surface area contributed by atoms with Gasteiger partial charge in [-0.05, 0) is 47.9 Å². The minimum atomic E-state index is -0.861. The maximum absolute atomic E-state index is 11.9. The molecular weight excluding hydrogens is 322 g/mol. The first-order valence-corrected chi connectivity index (χ1v) is 9.77. The first-order chi connectivity index (χ1) is 12.7. The van der Waals surface area contributed by atoms with Crippen molar-refractivity contribution in [1.82, 2.24) is 4.90 Å². The Labute approximate surface area is 157 Å². The molecule has 3 heteroatoms. The molecule has 2 rings (SSSR count). The number of amides is 1. The first-order valence-electron chi connectivity index (χ1n) is 9.77. The highest BCUT2D eigenvalue weighted by atomic mass is 16.4. The lowest BCUT2D eigenvalue weighted by molar-refractivity contribution is 0.139. The van der Waals surface area contributed by atoms with Gasteiger partial charge in [-0.3, -0.25) is 4.90 Å². The molecule has 0 fully saturated rings. The highest BCUT2D eigenvalue weighted by molar-refractivity contribution is 5.65. The summed E-state index contributed by atoms with van der Waals surface area (Å²) in [6.07, 6.45) is 5.69. The quantitative estimate of drug-likeness (QED) is 0.564. The van der Waals surface area contributed by atoms with Crippen molar-refractivity contribution < 1.29 is 9.90 Å². The molecule has 2 aromatic rings. The van der Waals surface area contributed by atoms with Crippen molar-refractivity contribution in [3.05, 3.63) is 70.8 Å².